The molecule has 0 saturated heterocycles. The van der Waals surface area contributed by atoms with Gasteiger partial charge >= 0.3 is 0 Å². The van der Waals surface area contributed by atoms with Gasteiger partial charge in [-0.25, -0.2) is 4.98 Å². The summed E-state index contributed by atoms with van der Waals surface area (Å²) in [5, 5.41) is 3.45. The molecule has 0 N–H and O–H groups in total. The number of hydrogen-bond donors (Lipinski definition) is 0. The van der Waals surface area contributed by atoms with Crippen molar-refractivity contribution in [3.05, 3.63) is 57.1 Å². The molecule has 27 heavy (non-hydrogen) atoms. The fourth-order valence-electron chi connectivity index (χ4n) is 3.85. The Hall–Kier alpha value is -1.98. The number of rotatable bonds is 2. The first-order chi connectivity index (χ1) is 13.1. The predicted molar refractivity (Wildman–Crippen MR) is 115 cm³/mol. The number of aromatic nitrogens is 2. The monoisotopic (exact) mass is 438 g/mol. The summed E-state index contributed by atoms with van der Waals surface area (Å²) >= 11 is 5.34. The summed E-state index contributed by atoms with van der Waals surface area (Å²) in [6, 6.07) is 12.4. The lowest BCUT2D eigenvalue weighted by atomic mass is 9.89. The van der Waals surface area contributed by atoms with Gasteiger partial charge in [0.25, 0.3) is 0 Å². The number of ether oxygens (including phenoxy) is 1. The van der Waals surface area contributed by atoms with Gasteiger partial charge in [0.15, 0.2) is 0 Å². The van der Waals surface area contributed by atoms with Crippen LogP contribution in [-0.2, 0) is 12.8 Å². The van der Waals surface area contributed by atoms with Crippen molar-refractivity contribution in [3.63, 3.8) is 0 Å². The molecule has 2 aromatic heterocycles. The van der Waals surface area contributed by atoms with Gasteiger partial charge in [-0.3, -0.25) is 0 Å². The molecule has 5 rings (SSSR count). The number of nitrogens with zero attached hydrogens (tertiary/aromatic N) is 2. The lowest BCUT2D eigenvalue weighted by Crippen LogP contribution is -2.08. The van der Waals surface area contributed by atoms with Crippen molar-refractivity contribution in [2.75, 3.05) is 0 Å². The number of halogens is 1. The van der Waals surface area contributed by atoms with Gasteiger partial charge in [-0.1, -0.05) is 35.0 Å². The molecule has 136 valence electrons. The predicted octanol–water partition coefficient (Wildman–Crippen LogP) is 6.83. The summed E-state index contributed by atoms with van der Waals surface area (Å²) in [4.78, 5) is 11.9. The molecule has 1 aliphatic rings. The maximum Gasteiger partial charge on any atom is 0.231 e. The van der Waals surface area contributed by atoms with Crippen LogP contribution in [0.1, 0.15) is 29.6 Å². The Morgan fingerprint density at radius 1 is 1.11 bits per heavy atom. The van der Waals surface area contributed by atoms with E-state index >= 15 is 0 Å². The number of aryl methyl sites for hydroxylation is 2. The quantitative estimate of drug-likeness (QED) is 0.343. The Balaban J connectivity index is 1.61. The Morgan fingerprint density at radius 2 is 1.93 bits per heavy atom. The molecular weight excluding hydrogens is 420 g/mol. The highest BCUT2D eigenvalue weighted by atomic mass is 79.9. The summed E-state index contributed by atoms with van der Waals surface area (Å²) in [6.07, 6.45) is 3.45. The van der Waals surface area contributed by atoms with E-state index in [-0.39, 0.29) is 0 Å². The molecule has 4 aromatic rings. The molecule has 2 aromatic carbocycles. The summed E-state index contributed by atoms with van der Waals surface area (Å²) in [5.41, 5.74) is 1.40. The minimum absolute atomic E-state index is 0.695. The van der Waals surface area contributed by atoms with E-state index in [9.17, 15) is 0 Å². The third-order valence-corrected chi connectivity index (χ3v) is 6.86. The highest BCUT2D eigenvalue weighted by Gasteiger charge is 2.24. The van der Waals surface area contributed by atoms with E-state index in [2.05, 4.69) is 63.2 Å². The summed E-state index contributed by atoms with van der Waals surface area (Å²) in [6.45, 7) is 4.26. The SMILES string of the molecule is Cc1nc(Oc2ccc3cc(Br)ccc3c2)c2c3c(sc2n1)C[C@@H](C)CC3. The first-order valence-corrected chi connectivity index (χ1v) is 10.8. The van der Waals surface area contributed by atoms with Crippen molar-refractivity contribution in [2.45, 2.75) is 33.1 Å². The average molecular weight is 439 g/mol. The molecule has 3 nitrogen and oxygen atoms in total. The van der Waals surface area contributed by atoms with Gasteiger partial charge in [-0.15, -0.1) is 11.3 Å². The van der Waals surface area contributed by atoms with Crippen molar-refractivity contribution in [3.8, 4) is 11.6 Å². The molecule has 0 radical (unpaired) electrons. The first kappa shape index (κ1) is 17.1. The zero-order chi connectivity index (χ0) is 18.5. The van der Waals surface area contributed by atoms with Gasteiger partial charge in [0.05, 0.1) is 5.39 Å². The highest BCUT2D eigenvalue weighted by Crippen LogP contribution is 2.42. The fourth-order valence-corrected chi connectivity index (χ4v) is 5.65. The second kappa shape index (κ2) is 6.57. The highest BCUT2D eigenvalue weighted by molar-refractivity contribution is 9.10. The van der Waals surface area contributed by atoms with E-state index in [4.69, 9.17) is 4.74 Å². The van der Waals surface area contributed by atoms with Crippen LogP contribution in [0.5, 0.6) is 11.6 Å². The molecule has 1 atom stereocenters. The van der Waals surface area contributed by atoms with Gasteiger partial charge in [-0.05, 0) is 72.7 Å². The lowest BCUT2D eigenvalue weighted by Gasteiger charge is -2.18. The second-order valence-corrected chi connectivity index (χ2v) is 9.36. The van der Waals surface area contributed by atoms with Gasteiger partial charge in [0.2, 0.25) is 5.88 Å². The van der Waals surface area contributed by atoms with Crippen LogP contribution in [-0.4, -0.2) is 9.97 Å². The molecule has 1 aliphatic carbocycles. The van der Waals surface area contributed by atoms with Crippen LogP contribution in [0.15, 0.2) is 40.9 Å². The van der Waals surface area contributed by atoms with E-state index in [1.165, 1.54) is 22.2 Å². The molecule has 2 heterocycles. The summed E-state index contributed by atoms with van der Waals surface area (Å²) in [5.74, 6) is 3.01. The Bertz CT molecular complexity index is 1180. The molecule has 0 saturated carbocycles. The number of fused-ring (bicyclic) bond motifs is 4. The third-order valence-electron chi connectivity index (χ3n) is 5.22. The topological polar surface area (TPSA) is 35.0 Å². The maximum atomic E-state index is 6.31. The van der Waals surface area contributed by atoms with Crippen molar-refractivity contribution in [1.29, 1.82) is 0 Å². The van der Waals surface area contributed by atoms with Crippen LogP contribution < -0.4 is 4.74 Å². The van der Waals surface area contributed by atoms with E-state index < -0.39 is 0 Å². The molecule has 0 amide bonds. The van der Waals surface area contributed by atoms with E-state index in [1.54, 1.807) is 0 Å². The van der Waals surface area contributed by atoms with Crippen LogP contribution in [0, 0.1) is 12.8 Å². The van der Waals surface area contributed by atoms with E-state index in [1.807, 2.05) is 24.3 Å². The number of benzene rings is 2. The van der Waals surface area contributed by atoms with Crippen LogP contribution >= 0.6 is 27.3 Å². The third kappa shape index (κ3) is 3.13. The maximum absolute atomic E-state index is 6.31. The van der Waals surface area contributed by atoms with Gasteiger partial charge in [0.1, 0.15) is 16.4 Å². The molecule has 0 spiro atoms. The molecule has 5 heteroatoms. The zero-order valence-electron chi connectivity index (χ0n) is 15.3. The van der Waals surface area contributed by atoms with Gasteiger partial charge < -0.3 is 4.74 Å². The van der Waals surface area contributed by atoms with Crippen molar-refractivity contribution in [1.82, 2.24) is 9.97 Å². The first-order valence-electron chi connectivity index (χ1n) is 9.23. The molecule has 0 aliphatic heterocycles. The Kier molecular flexibility index (Phi) is 4.17. The molecule has 0 unspecified atom stereocenters. The van der Waals surface area contributed by atoms with Crippen LogP contribution in [0.4, 0.5) is 0 Å². The standard InChI is InChI=1S/C22H19BrN2OS/c1-12-3-8-18-19(9-12)27-22-20(18)21(24-13(2)25-22)26-17-7-5-14-10-16(23)6-4-15(14)11-17/h4-7,10-12H,3,8-9H2,1-2H3/t12-/m0/s1. The number of hydrogen-bond acceptors (Lipinski definition) is 4. The van der Waals surface area contributed by atoms with E-state index in [0.29, 0.717) is 5.88 Å². The summed E-state index contributed by atoms with van der Waals surface area (Å²) in [7, 11) is 0. The van der Waals surface area contributed by atoms with Crippen LogP contribution in [0.2, 0.25) is 0 Å². The number of thiophene rings is 1. The minimum atomic E-state index is 0.695. The van der Waals surface area contributed by atoms with Crippen LogP contribution in [0.3, 0.4) is 0 Å². The second-order valence-electron chi connectivity index (χ2n) is 7.36. The fraction of sp³-hybridized carbons (Fsp3) is 0.273. The zero-order valence-corrected chi connectivity index (χ0v) is 17.7. The smallest absolute Gasteiger partial charge is 0.231 e. The van der Waals surface area contributed by atoms with Crippen LogP contribution in [0.25, 0.3) is 21.0 Å². The average Bonchev–Trinajstić information content (AvgIpc) is 2.98. The van der Waals surface area contributed by atoms with Crippen molar-refractivity contribution in [2.24, 2.45) is 5.92 Å². The van der Waals surface area contributed by atoms with Gasteiger partial charge in [-0.2, -0.15) is 4.98 Å². The normalized spacial score (nSPS) is 16.6. The lowest BCUT2D eigenvalue weighted by molar-refractivity contribution is 0.465. The summed E-state index contributed by atoms with van der Waals surface area (Å²) < 4.78 is 7.39. The minimum Gasteiger partial charge on any atom is -0.438 e. The largest absolute Gasteiger partial charge is 0.438 e. The Labute approximate surface area is 170 Å². The van der Waals surface area contributed by atoms with Crippen molar-refractivity contribution >= 4 is 48.3 Å². The van der Waals surface area contributed by atoms with E-state index in [0.717, 1.165) is 50.4 Å². The molecular formula is C22H19BrN2OS. The van der Waals surface area contributed by atoms with Gasteiger partial charge in [0, 0.05) is 9.35 Å². The Morgan fingerprint density at radius 3 is 2.81 bits per heavy atom. The molecule has 0 fully saturated rings. The van der Waals surface area contributed by atoms with Crippen molar-refractivity contribution < 1.29 is 4.74 Å². The molecule has 0 bridgehead atoms.